The predicted octanol–water partition coefficient (Wildman–Crippen LogP) is 0.606. The number of nitrogens with zero attached hydrogens (tertiary/aromatic N) is 1. The van der Waals surface area contributed by atoms with Crippen molar-refractivity contribution >= 4 is 17.7 Å². The Morgan fingerprint density at radius 2 is 2.04 bits per heavy atom. The lowest BCUT2D eigenvalue weighted by molar-refractivity contribution is -0.127. The monoisotopic (exact) mass is 334 g/mol. The predicted molar refractivity (Wildman–Crippen MR) is 87.5 cm³/mol. The van der Waals surface area contributed by atoms with Gasteiger partial charge in [-0.05, 0) is 31.1 Å². The molecule has 0 bridgehead atoms. The van der Waals surface area contributed by atoms with Gasteiger partial charge in [0.2, 0.25) is 17.7 Å². The second-order valence-electron chi connectivity index (χ2n) is 8.17. The lowest BCUT2D eigenvalue weighted by Gasteiger charge is -2.18. The van der Waals surface area contributed by atoms with Crippen molar-refractivity contribution < 1.29 is 14.4 Å². The zero-order valence-electron chi connectivity index (χ0n) is 14.6. The molecule has 1 saturated heterocycles. The molecule has 0 unspecified atom stereocenters. The molecule has 1 aliphatic carbocycles. The summed E-state index contributed by atoms with van der Waals surface area (Å²) in [7, 11) is 0. The number of hydrogen-bond donors (Lipinski definition) is 3. The first-order chi connectivity index (χ1) is 11.1. The van der Waals surface area contributed by atoms with Gasteiger partial charge < -0.3 is 16.0 Å². The highest BCUT2D eigenvalue weighted by molar-refractivity contribution is 5.85. The maximum absolute atomic E-state index is 11.9. The third-order valence-electron chi connectivity index (χ3n) is 4.40. The summed E-state index contributed by atoms with van der Waals surface area (Å²) in [6.07, 6.45) is 3.37. The van der Waals surface area contributed by atoms with E-state index >= 15 is 0 Å². The van der Waals surface area contributed by atoms with Crippen LogP contribution in [0.25, 0.3) is 0 Å². The highest BCUT2D eigenvalue weighted by Crippen LogP contribution is 2.46. The van der Waals surface area contributed by atoms with Gasteiger partial charge in [0.15, 0.2) is 0 Å². The Balaban J connectivity index is 1.74. The Kier molecular flexibility index (Phi) is 5.16. The summed E-state index contributed by atoms with van der Waals surface area (Å²) in [5.41, 5.74) is -0.183. The SMILES string of the molecule is CC(C)(C)CC(=O)NCC(=O)N[C@H](C#N)C[C@@H]1CC2(CC2)NC1=O. The summed E-state index contributed by atoms with van der Waals surface area (Å²) >= 11 is 0. The molecule has 1 aliphatic heterocycles. The molecular weight excluding hydrogens is 308 g/mol. The van der Waals surface area contributed by atoms with E-state index in [9.17, 15) is 19.6 Å². The molecule has 7 heteroatoms. The molecule has 0 radical (unpaired) electrons. The molecule has 1 spiro atoms. The molecule has 2 aliphatic rings. The summed E-state index contributed by atoms with van der Waals surface area (Å²) in [4.78, 5) is 35.5. The maximum Gasteiger partial charge on any atom is 0.240 e. The van der Waals surface area contributed by atoms with Crippen molar-refractivity contribution in [2.45, 2.75) is 64.5 Å². The van der Waals surface area contributed by atoms with E-state index in [2.05, 4.69) is 16.0 Å². The van der Waals surface area contributed by atoms with Crippen LogP contribution in [0.5, 0.6) is 0 Å². The Morgan fingerprint density at radius 3 is 2.54 bits per heavy atom. The smallest absolute Gasteiger partial charge is 0.240 e. The third kappa shape index (κ3) is 5.22. The molecule has 3 N–H and O–H groups in total. The van der Waals surface area contributed by atoms with Crippen molar-refractivity contribution in [2.75, 3.05) is 6.54 Å². The van der Waals surface area contributed by atoms with Crippen LogP contribution in [-0.4, -0.2) is 35.8 Å². The lowest BCUT2D eigenvalue weighted by Crippen LogP contribution is -2.43. The van der Waals surface area contributed by atoms with Gasteiger partial charge >= 0.3 is 0 Å². The minimum atomic E-state index is -0.721. The zero-order valence-corrected chi connectivity index (χ0v) is 14.6. The van der Waals surface area contributed by atoms with Gasteiger partial charge in [0.1, 0.15) is 6.04 Å². The van der Waals surface area contributed by atoms with E-state index in [4.69, 9.17) is 0 Å². The summed E-state index contributed by atoms with van der Waals surface area (Å²) in [6.45, 7) is 5.67. The van der Waals surface area contributed by atoms with Gasteiger partial charge in [-0.3, -0.25) is 14.4 Å². The van der Waals surface area contributed by atoms with Crippen LogP contribution >= 0.6 is 0 Å². The second-order valence-corrected chi connectivity index (χ2v) is 8.17. The molecule has 2 rings (SSSR count). The van der Waals surface area contributed by atoms with Crippen molar-refractivity contribution in [3.63, 3.8) is 0 Å². The Bertz CT molecular complexity index is 569. The molecule has 0 aromatic carbocycles. The van der Waals surface area contributed by atoms with Gasteiger partial charge in [0.05, 0.1) is 12.6 Å². The number of carbonyl (C=O) groups excluding carboxylic acids is 3. The zero-order chi connectivity index (χ0) is 18.0. The van der Waals surface area contributed by atoms with E-state index in [0.717, 1.165) is 19.3 Å². The molecular formula is C17H26N4O3. The van der Waals surface area contributed by atoms with Crippen LogP contribution in [0.3, 0.4) is 0 Å². The van der Waals surface area contributed by atoms with Crippen LogP contribution < -0.4 is 16.0 Å². The first-order valence-electron chi connectivity index (χ1n) is 8.40. The summed E-state index contributed by atoms with van der Waals surface area (Å²) in [5, 5.41) is 17.3. The largest absolute Gasteiger partial charge is 0.350 e. The molecule has 132 valence electrons. The summed E-state index contributed by atoms with van der Waals surface area (Å²) in [5.74, 6) is -0.867. The minimum Gasteiger partial charge on any atom is -0.350 e. The molecule has 7 nitrogen and oxygen atoms in total. The van der Waals surface area contributed by atoms with Crippen LogP contribution in [0.15, 0.2) is 0 Å². The Hall–Kier alpha value is -2.10. The maximum atomic E-state index is 11.9. The summed E-state index contributed by atoms with van der Waals surface area (Å²) < 4.78 is 0. The number of nitrogens with one attached hydrogen (secondary N) is 3. The Labute approximate surface area is 142 Å². The minimum absolute atomic E-state index is 0.0273. The van der Waals surface area contributed by atoms with E-state index in [1.165, 1.54) is 0 Å². The third-order valence-corrected chi connectivity index (χ3v) is 4.40. The number of hydrogen-bond acceptors (Lipinski definition) is 4. The lowest BCUT2D eigenvalue weighted by atomic mass is 9.92. The van der Waals surface area contributed by atoms with Gasteiger partial charge in [0, 0.05) is 17.9 Å². The van der Waals surface area contributed by atoms with Crippen LogP contribution in [-0.2, 0) is 14.4 Å². The molecule has 2 fully saturated rings. The molecule has 2 atom stereocenters. The standard InChI is InChI=1S/C17H26N4O3/c1-16(2,3)8-13(22)19-10-14(23)20-12(9-18)6-11-7-17(4-5-17)21-15(11)24/h11-12H,4-8,10H2,1-3H3,(H,19,22)(H,20,23)(H,21,24)/t11-,12+/m1/s1. The van der Waals surface area contributed by atoms with Crippen molar-refractivity contribution in [1.29, 1.82) is 5.26 Å². The summed E-state index contributed by atoms with van der Waals surface area (Å²) in [6, 6.07) is 1.31. The van der Waals surface area contributed by atoms with Gasteiger partial charge in [-0.1, -0.05) is 20.8 Å². The fraction of sp³-hybridized carbons (Fsp3) is 0.765. The molecule has 0 aromatic heterocycles. The van der Waals surface area contributed by atoms with E-state index in [-0.39, 0.29) is 35.2 Å². The van der Waals surface area contributed by atoms with Gasteiger partial charge in [0.25, 0.3) is 0 Å². The van der Waals surface area contributed by atoms with Gasteiger partial charge in [-0.25, -0.2) is 0 Å². The molecule has 1 heterocycles. The average molecular weight is 334 g/mol. The van der Waals surface area contributed by atoms with Crippen molar-refractivity contribution in [3.05, 3.63) is 0 Å². The number of amides is 3. The van der Waals surface area contributed by atoms with Crippen molar-refractivity contribution in [2.24, 2.45) is 11.3 Å². The molecule has 0 aromatic rings. The fourth-order valence-electron chi connectivity index (χ4n) is 3.05. The van der Waals surface area contributed by atoms with Crippen molar-refractivity contribution in [1.82, 2.24) is 16.0 Å². The first-order valence-corrected chi connectivity index (χ1v) is 8.40. The van der Waals surface area contributed by atoms with Crippen LogP contribution in [0.2, 0.25) is 0 Å². The molecule has 1 saturated carbocycles. The van der Waals surface area contributed by atoms with E-state index < -0.39 is 11.9 Å². The van der Waals surface area contributed by atoms with Gasteiger partial charge in [-0.15, -0.1) is 0 Å². The van der Waals surface area contributed by atoms with E-state index in [1.54, 1.807) is 0 Å². The highest BCUT2D eigenvalue weighted by atomic mass is 16.2. The number of rotatable bonds is 6. The Morgan fingerprint density at radius 1 is 1.38 bits per heavy atom. The molecule has 3 amide bonds. The highest BCUT2D eigenvalue weighted by Gasteiger charge is 2.52. The first kappa shape index (κ1) is 18.2. The number of nitriles is 1. The topological polar surface area (TPSA) is 111 Å². The second kappa shape index (κ2) is 6.80. The van der Waals surface area contributed by atoms with E-state index in [1.807, 2.05) is 26.8 Å². The normalized spacial score (nSPS) is 22.4. The van der Waals surface area contributed by atoms with E-state index in [0.29, 0.717) is 12.8 Å². The quantitative estimate of drug-likeness (QED) is 0.660. The van der Waals surface area contributed by atoms with Gasteiger partial charge in [-0.2, -0.15) is 5.26 Å². The fourth-order valence-corrected chi connectivity index (χ4v) is 3.05. The van der Waals surface area contributed by atoms with Crippen molar-refractivity contribution in [3.8, 4) is 6.07 Å². The average Bonchev–Trinajstić information content (AvgIpc) is 3.13. The number of carbonyl (C=O) groups is 3. The van der Waals surface area contributed by atoms with Crippen LogP contribution in [0, 0.1) is 22.7 Å². The molecule has 24 heavy (non-hydrogen) atoms. The van der Waals surface area contributed by atoms with Crippen LogP contribution in [0.4, 0.5) is 0 Å². The van der Waals surface area contributed by atoms with Crippen LogP contribution in [0.1, 0.15) is 52.9 Å².